The molecule has 108 valence electrons. The number of halogens is 2. The second-order valence-electron chi connectivity index (χ2n) is 4.40. The number of nitrogens with zero attached hydrogens (tertiary/aromatic N) is 3. The number of aliphatic hydroxyl groups is 1. The Morgan fingerprint density at radius 2 is 1.95 bits per heavy atom. The molecule has 7 heteroatoms. The monoisotopic (exact) mass is 291 g/mol. The van der Waals surface area contributed by atoms with Crippen LogP contribution in [0.4, 0.5) is 8.78 Å². The molecule has 0 unspecified atom stereocenters. The Bertz CT molecular complexity index is 797. The maximum absolute atomic E-state index is 13.2. The molecule has 0 bridgehead atoms. The number of pyridine rings is 2. The van der Waals surface area contributed by atoms with E-state index in [4.69, 9.17) is 4.74 Å². The molecule has 0 spiro atoms. The predicted octanol–water partition coefficient (Wildman–Crippen LogP) is 2.18. The normalized spacial score (nSPS) is 11.0. The van der Waals surface area contributed by atoms with Crippen molar-refractivity contribution in [2.75, 3.05) is 7.11 Å². The van der Waals surface area contributed by atoms with E-state index in [2.05, 4.69) is 9.97 Å². The van der Waals surface area contributed by atoms with Crippen LogP contribution >= 0.6 is 0 Å². The van der Waals surface area contributed by atoms with Crippen LogP contribution in [0.1, 0.15) is 5.56 Å². The highest BCUT2D eigenvalue weighted by Crippen LogP contribution is 2.26. The van der Waals surface area contributed by atoms with Gasteiger partial charge in [-0.15, -0.1) is 0 Å². The quantitative estimate of drug-likeness (QED) is 0.751. The largest absolute Gasteiger partial charge is 0.496 e. The van der Waals surface area contributed by atoms with Gasteiger partial charge in [-0.1, -0.05) is 0 Å². The fourth-order valence-corrected chi connectivity index (χ4v) is 2.18. The lowest BCUT2D eigenvalue weighted by atomic mass is 10.2. The SMILES string of the molecule is COc1cc2ncc(-c3cc(F)nc(F)c3)n2cc1CO. The summed E-state index contributed by atoms with van der Waals surface area (Å²) in [7, 11) is 1.49. The van der Waals surface area contributed by atoms with Crippen LogP contribution in [0.15, 0.2) is 30.6 Å². The van der Waals surface area contributed by atoms with Crippen molar-refractivity contribution in [1.82, 2.24) is 14.4 Å². The lowest BCUT2D eigenvalue weighted by Crippen LogP contribution is -1.98. The molecule has 1 N–H and O–H groups in total. The number of methoxy groups -OCH3 is 1. The van der Waals surface area contributed by atoms with E-state index in [0.29, 0.717) is 28.2 Å². The molecule has 0 aliphatic carbocycles. The first kappa shape index (κ1) is 13.4. The Labute approximate surface area is 118 Å². The van der Waals surface area contributed by atoms with E-state index in [-0.39, 0.29) is 6.61 Å². The van der Waals surface area contributed by atoms with Crippen LogP contribution in [0.5, 0.6) is 5.75 Å². The summed E-state index contributed by atoms with van der Waals surface area (Å²) in [5.74, 6) is -1.32. The standard InChI is InChI=1S/C14H11F2N3O2/c1-21-11-4-14-17-5-10(19(14)6-9(11)7-20)8-2-12(15)18-13(16)3-8/h2-6,20H,7H2,1H3. The van der Waals surface area contributed by atoms with Crippen molar-refractivity contribution in [3.8, 4) is 17.0 Å². The zero-order valence-corrected chi connectivity index (χ0v) is 11.0. The second kappa shape index (κ2) is 5.10. The van der Waals surface area contributed by atoms with E-state index in [9.17, 15) is 13.9 Å². The molecule has 0 atom stereocenters. The van der Waals surface area contributed by atoms with E-state index in [1.54, 1.807) is 16.7 Å². The number of ether oxygens (including phenoxy) is 1. The van der Waals surface area contributed by atoms with Crippen molar-refractivity contribution in [2.24, 2.45) is 0 Å². The number of hydrogen-bond donors (Lipinski definition) is 1. The molecule has 0 aliphatic rings. The third-order valence-corrected chi connectivity index (χ3v) is 3.14. The number of aromatic nitrogens is 3. The molecule has 0 aromatic carbocycles. The topological polar surface area (TPSA) is 59.7 Å². The predicted molar refractivity (Wildman–Crippen MR) is 70.8 cm³/mol. The lowest BCUT2D eigenvalue weighted by Gasteiger charge is -2.08. The van der Waals surface area contributed by atoms with Crippen LogP contribution in [0.3, 0.4) is 0 Å². The van der Waals surface area contributed by atoms with E-state index in [0.717, 1.165) is 12.1 Å². The molecule has 0 amide bonds. The Hall–Kier alpha value is -2.54. The fourth-order valence-electron chi connectivity index (χ4n) is 2.18. The van der Waals surface area contributed by atoms with Gasteiger partial charge in [0.1, 0.15) is 11.4 Å². The maximum Gasteiger partial charge on any atom is 0.216 e. The minimum Gasteiger partial charge on any atom is -0.496 e. The van der Waals surface area contributed by atoms with Crippen LogP contribution in [-0.4, -0.2) is 26.6 Å². The molecule has 3 aromatic rings. The van der Waals surface area contributed by atoms with Crippen molar-refractivity contribution >= 4 is 5.65 Å². The average molecular weight is 291 g/mol. The van der Waals surface area contributed by atoms with Gasteiger partial charge in [0, 0.05) is 35.5 Å². The van der Waals surface area contributed by atoms with Crippen LogP contribution in [-0.2, 0) is 6.61 Å². The van der Waals surface area contributed by atoms with Crippen molar-refractivity contribution in [2.45, 2.75) is 6.61 Å². The van der Waals surface area contributed by atoms with E-state index in [1.165, 1.54) is 13.3 Å². The molecule has 3 rings (SSSR count). The third kappa shape index (κ3) is 2.31. The minimum atomic E-state index is -0.907. The van der Waals surface area contributed by atoms with Crippen LogP contribution in [0.25, 0.3) is 16.9 Å². The third-order valence-electron chi connectivity index (χ3n) is 3.14. The van der Waals surface area contributed by atoms with Gasteiger partial charge in [0.05, 0.1) is 25.6 Å². The summed E-state index contributed by atoms with van der Waals surface area (Å²) in [6.07, 6.45) is 3.11. The van der Waals surface area contributed by atoms with Crippen LogP contribution in [0.2, 0.25) is 0 Å². The van der Waals surface area contributed by atoms with E-state index in [1.807, 2.05) is 0 Å². The Morgan fingerprint density at radius 3 is 2.57 bits per heavy atom. The van der Waals surface area contributed by atoms with Gasteiger partial charge in [-0.2, -0.15) is 13.8 Å². The average Bonchev–Trinajstić information content (AvgIpc) is 2.87. The van der Waals surface area contributed by atoms with Gasteiger partial charge in [-0.3, -0.25) is 4.40 Å². The Morgan fingerprint density at radius 1 is 1.24 bits per heavy atom. The minimum absolute atomic E-state index is 0.226. The molecule has 0 aliphatic heterocycles. The smallest absolute Gasteiger partial charge is 0.216 e. The molecule has 3 heterocycles. The van der Waals surface area contributed by atoms with Gasteiger partial charge in [0.2, 0.25) is 11.9 Å². The Kier molecular flexibility index (Phi) is 3.26. The number of imidazole rings is 1. The summed E-state index contributed by atoms with van der Waals surface area (Å²) < 4.78 is 33.3. The molecule has 21 heavy (non-hydrogen) atoms. The first-order chi connectivity index (χ1) is 10.1. The molecule has 0 radical (unpaired) electrons. The molecular weight excluding hydrogens is 280 g/mol. The summed E-state index contributed by atoms with van der Waals surface area (Å²) in [6.45, 7) is -0.226. The molecule has 3 aromatic heterocycles. The van der Waals surface area contributed by atoms with Gasteiger partial charge in [0.25, 0.3) is 0 Å². The lowest BCUT2D eigenvalue weighted by molar-refractivity contribution is 0.273. The number of hydrogen-bond acceptors (Lipinski definition) is 4. The zero-order chi connectivity index (χ0) is 15.0. The molecule has 0 saturated heterocycles. The highest BCUT2D eigenvalue weighted by Gasteiger charge is 2.12. The highest BCUT2D eigenvalue weighted by atomic mass is 19.1. The van der Waals surface area contributed by atoms with E-state index >= 15 is 0 Å². The summed E-state index contributed by atoms with van der Waals surface area (Å²) in [6, 6.07) is 3.88. The number of fused-ring (bicyclic) bond motifs is 1. The van der Waals surface area contributed by atoms with Gasteiger partial charge >= 0.3 is 0 Å². The van der Waals surface area contributed by atoms with E-state index < -0.39 is 11.9 Å². The first-order valence-corrected chi connectivity index (χ1v) is 6.10. The summed E-state index contributed by atoms with van der Waals surface area (Å²) >= 11 is 0. The maximum atomic E-state index is 13.2. The fraction of sp³-hybridized carbons (Fsp3) is 0.143. The van der Waals surface area contributed by atoms with Crippen LogP contribution in [0, 0.1) is 11.9 Å². The van der Waals surface area contributed by atoms with Gasteiger partial charge in [0.15, 0.2) is 0 Å². The summed E-state index contributed by atoms with van der Waals surface area (Å²) in [5.41, 5.74) is 1.88. The van der Waals surface area contributed by atoms with Crippen molar-refractivity contribution in [3.63, 3.8) is 0 Å². The van der Waals surface area contributed by atoms with Crippen molar-refractivity contribution < 1.29 is 18.6 Å². The van der Waals surface area contributed by atoms with Gasteiger partial charge in [-0.05, 0) is 0 Å². The van der Waals surface area contributed by atoms with Crippen LogP contribution < -0.4 is 4.74 Å². The van der Waals surface area contributed by atoms with Gasteiger partial charge < -0.3 is 9.84 Å². The Balaban J connectivity index is 2.24. The first-order valence-electron chi connectivity index (χ1n) is 6.10. The van der Waals surface area contributed by atoms with Crippen molar-refractivity contribution in [1.29, 1.82) is 0 Å². The zero-order valence-electron chi connectivity index (χ0n) is 11.0. The van der Waals surface area contributed by atoms with Gasteiger partial charge in [-0.25, -0.2) is 4.98 Å². The number of rotatable bonds is 3. The molecular formula is C14H11F2N3O2. The second-order valence-corrected chi connectivity index (χ2v) is 4.40. The summed E-state index contributed by atoms with van der Waals surface area (Å²) in [5, 5.41) is 9.35. The molecule has 0 fully saturated rings. The summed E-state index contributed by atoms with van der Waals surface area (Å²) in [4.78, 5) is 7.24. The molecule has 5 nitrogen and oxygen atoms in total. The van der Waals surface area contributed by atoms with Crippen molar-refractivity contribution in [3.05, 3.63) is 48.1 Å². The number of aliphatic hydroxyl groups excluding tert-OH is 1. The molecule has 0 saturated carbocycles. The highest BCUT2D eigenvalue weighted by molar-refractivity contribution is 5.64.